The van der Waals surface area contributed by atoms with Crippen LogP contribution >= 0.6 is 0 Å². The van der Waals surface area contributed by atoms with E-state index >= 15 is 0 Å². The molecule has 3 aromatic carbocycles. The van der Waals surface area contributed by atoms with Crippen LogP contribution in [0.15, 0.2) is 66.7 Å². The molecule has 0 saturated heterocycles. The summed E-state index contributed by atoms with van der Waals surface area (Å²) in [4.78, 5) is 26.9. The van der Waals surface area contributed by atoms with E-state index in [0.717, 1.165) is 21.7 Å². The van der Waals surface area contributed by atoms with Crippen LogP contribution in [0.4, 0.5) is 21.9 Å². The van der Waals surface area contributed by atoms with Crippen molar-refractivity contribution in [2.45, 2.75) is 26.4 Å². The summed E-state index contributed by atoms with van der Waals surface area (Å²) in [6.07, 6.45) is 0.620. The highest BCUT2D eigenvalue weighted by molar-refractivity contribution is 7.92. The molecule has 9 nitrogen and oxygen atoms in total. The zero-order valence-electron chi connectivity index (χ0n) is 22.6. The molecule has 0 unspecified atom stereocenters. The Kier molecular flexibility index (Phi) is 8.36. The largest absolute Gasteiger partial charge is 0.497 e. The first kappa shape index (κ1) is 28.5. The summed E-state index contributed by atoms with van der Waals surface area (Å²) in [7, 11) is 0.973. The van der Waals surface area contributed by atoms with Crippen molar-refractivity contribution in [3.05, 3.63) is 72.3 Å². The van der Waals surface area contributed by atoms with Gasteiger partial charge in [0.1, 0.15) is 11.4 Å². The first-order valence-electron chi connectivity index (χ1n) is 11.8. The Labute approximate surface area is 224 Å². The van der Waals surface area contributed by atoms with E-state index in [1.807, 2.05) is 12.1 Å². The molecule has 2 amide bonds. The van der Waals surface area contributed by atoms with Crippen molar-refractivity contribution in [1.82, 2.24) is 0 Å². The molecule has 3 aromatic rings. The lowest BCUT2D eigenvalue weighted by Crippen LogP contribution is -2.34. The van der Waals surface area contributed by atoms with Gasteiger partial charge in [-0.05, 0) is 74.4 Å². The van der Waals surface area contributed by atoms with Crippen molar-refractivity contribution >= 4 is 39.1 Å². The maximum atomic E-state index is 13.1. The average Bonchev–Trinajstić information content (AvgIpc) is 2.86. The third-order valence-corrected chi connectivity index (χ3v) is 6.86. The minimum atomic E-state index is -3.59. The van der Waals surface area contributed by atoms with Gasteiger partial charge in [0.25, 0.3) is 5.91 Å². The van der Waals surface area contributed by atoms with E-state index in [2.05, 4.69) is 5.32 Å². The van der Waals surface area contributed by atoms with Gasteiger partial charge >= 0.3 is 6.09 Å². The highest BCUT2D eigenvalue weighted by atomic mass is 32.2. The van der Waals surface area contributed by atoms with Gasteiger partial charge in [-0.1, -0.05) is 24.3 Å². The van der Waals surface area contributed by atoms with Crippen molar-refractivity contribution in [2.24, 2.45) is 0 Å². The molecule has 202 valence electrons. The quantitative estimate of drug-likeness (QED) is 0.432. The number of hydrogen-bond acceptors (Lipinski definition) is 6. The van der Waals surface area contributed by atoms with Gasteiger partial charge in [-0.25, -0.2) is 13.2 Å². The van der Waals surface area contributed by atoms with E-state index in [9.17, 15) is 18.0 Å². The molecule has 0 saturated carbocycles. The smallest absolute Gasteiger partial charge is 0.414 e. The molecule has 3 rings (SSSR count). The molecule has 0 fully saturated rings. The van der Waals surface area contributed by atoms with Crippen molar-refractivity contribution in [1.29, 1.82) is 0 Å². The predicted octanol–water partition coefficient (Wildman–Crippen LogP) is 5.38. The Morgan fingerprint density at radius 2 is 1.53 bits per heavy atom. The Balaban J connectivity index is 1.95. The number of carbonyl (C=O) groups is 2. The topological polar surface area (TPSA) is 105 Å². The first-order valence-corrected chi connectivity index (χ1v) is 13.6. The number of anilines is 3. The SMILES string of the molecule is COc1cccc(C(=O)Nc2cc(-c3ccc(N(C)C(=O)OC(C)(C)C)cc3)ccc2N(C)S(C)(=O)=O)c1. The number of sulfonamides is 1. The predicted molar refractivity (Wildman–Crippen MR) is 151 cm³/mol. The molecule has 0 aliphatic rings. The Bertz CT molecular complexity index is 1430. The molecule has 0 bridgehead atoms. The van der Waals surface area contributed by atoms with E-state index in [0.29, 0.717) is 28.4 Å². The fourth-order valence-corrected chi connectivity index (χ4v) is 4.06. The van der Waals surface area contributed by atoms with Crippen LogP contribution in [-0.4, -0.2) is 53.5 Å². The summed E-state index contributed by atoms with van der Waals surface area (Å²) in [5.41, 5.74) is 2.56. The fraction of sp³-hybridized carbons (Fsp3) is 0.286. The van der Waals surface area contributed by atoms with E-state index in [1.54, 1.807) is 82.4 Å². The van der Waals surface area contributed by atoms with Gasteiger partial charge in [0.15, 0.2) is 0 Å². The van der Waals surface area contributed by atoms with E-state index in [-0.39, 0.29) is 0 Å². The number of carbonyl (C=O) groups excluding carboxylic acids is 2. The lowest BCUT2D eigenvalue weighted by Gasteiger charge is -2.25. The molecule has 0 aliphatic carbocycles. The zero-order chi connectivity index (χ0) is 28.3. The standard InChI is InChI=1S/C28H33N3O6S/c1-28(2,3)37-27(33)30(4)22-14-11-19(12-15-22)20-13-16-25(31(5)38(7,34)35)24(18-20)29-26(32)21-9-8-10-23(17-21)36-6/h8-18H,1-7H3,(H,29,32). The van der Waals surface area contributed by atoms with Crippen LogP contribution in [0.3, 0.4) is 0 Å². The number of nitrogens with one attached hydrogen (secondary N) is 1. The normalized spacial score (nSPS) is 11.4. The second-order valence-corrected chi connectivity index (χ2v) is 11.7. The number of methoxy groups -OCH3 is 1. The molecule has 0 heterocycles. The summed E-state index contributed by atoms with van der Waals surface area (Å²) in [5, 5.41) is 2.84. The van der Waals surface area contributed by atoms with Crippen molar-refractivity contribution in [2.75, 3.05) is 42.0 Å². The summed E-state index contributed by atoms with van der Waals surface area (Å²) in [6.45, 7) is 5.41. The maximum absolute atomic E-state index is 13.1. The van der Waals surface area contributed by atoms with Crippen LogP contribution in [-0.2, 0) is 14.8 Å². The summed E-state index contributed by atoms with van der Waals surface area (Å²) >= 11 is 0. The maximum Gasteiger partial charge on any atom is 0.414 e. The number of amides is 2. The van der Waals surface area contributed by atoms with Gasteiger partial charge < -0.3 is 14.8 Å². The lowest BCUT2D eigenvalue weighted by molar-refractivity contribution is 0.0589. The second-order valence-electron chi connectivity index (χ2n) is 9.73. The number of hydrogen-bond donors (Lipinski definition) is 1. The van der Waals surface area contributed by atoms with Gasteiger partial charge in [0, 0.05) is 25.3 Å². The molecule has 10 heteroatoms. The fourth-order valence-electron chi connectivity index (χ4n) is 3.54. The highest BCUT2D eigenvalue weighted by Crippen LogP contribution is 2.33. The molecular formula is C28H33N3O6S. The minimum Gasteiger partial charge on any atom is -0.497 e. The summed E-state index contributed by atoms with van der Waals surface area (Å²) < 4.78 is 36.3. The molecular weight excluding hydrogens is 506 g/mol. The van der Waals surface area contributed by atoms with Crippen molar-refractivity contribution < 1.29 is 27.5 Å². The third kappa shape index (κ3) is 7.04. The molecule has 1 N–H and O–H groups in total. The number of rotatable bonds is 7. The monoisotopic (exact) mass is 539 g/mol. The molecule has 0 aromatic heterocycles. The van der Waals surface area contributed by atoms with E-state index < -0.39 is 27.6 Å². The molecule has 0 atom stereocenters. The molecule has 0 spiro atoms. The van der Waals surface area contributed by atoms with Crippen LogP contribution in [0.1, 0.15) is 31.1 Å². The summed E-state index contributed by atoms with van der Waals surface area (Å²) in [6, 6.07) is 19.0. The van der Waals surface area contributed by atoms with Crippen molar-refractivity contribution in [3.63, 3.8) is 0 Å². The second kappa shape index (κ2) is 11.1. The molecule has 0 aliphatic heterocycles. The first-order chi connectivity index (χ1) is 17.7. The zero-order valence-corrected chi connectivity index (χ0v) is 23.4. The Morgan fingerprint density at radius 1 is 0.895 bits per heavy atom. The minimum absolute atomic E-state index is 0.314. The van der Waals surface area contributed by atoms with Crippen LogP contribution in [0, 0.1) is 0 Å². The van der Waals surface area contributed by atoms with E-state index in [1.165, 1.54) is 19.1 Å². The number of benzene rings is 3. The Hall–Kier alpha value is -4.05. The molecule has 38 heavy (non-hydrogen) atoms. The van der Waals surface area contributed by atoms with Crippen LogP contribution in [0.2, 0.25) is 0 Å². The van der Waals surface area contributed by atoms with Gasteiger partial charge in [-0.15, -0.1) is 0 Å². The Morgan fingerprint density at radius 3 is 2.11 bits per heavy atom. The summed E-state index contributed by atoms with van der Waals surface area (Å²) in [5.74, 6) is 0.106. The van der Waals surface area contributed by atoms with Gasteiger partial charge in [0.05, 0.1) is 24.7 Å². The number of nitrogens with zero attached hydrogens (tertiary/aromatic N) is 2. The third-order valence-electron chi connectivity index (χ3n) is 5.67. The van der Waals surface area contributed by atoms with Gasteiger partial charge in [0.2, 0.25) is 10.0 Å². The van der Waals surface area contributed by atoms with Crippen LogP contribution in [0.5, 0.6) is 5.75 Å². The van der Waals surface area contributed by atoms with Crippen molar-refractivity contribution in [3.8, 4) is 16.9 Å². The molecule has 0 radical (unpaired) electrons. The van der Waals surface area contributed by atoms with E-state index in [4.69, 9.17) is 9.47 Å². The van der Waals surface area contributed by atoms with Crippen LogP contribution < -0.4 is 19.3 Å². The van der Waals surface area contributed by atoms with Gasteiger partial charge in [-0.3, -0.25) is 14.0 Å². The lowest BCUT2D eigenvalue weighted by atomic mass is 10.0. The van der Waals surface area contributed by atoms with Crippen LogP contribution in [0.25, 0.3) is 11.1 Å². The van der Waals surface area contributed by atoms with Gasteiger partial charge in [-0.2, -0.15) is 0 Å². The highest BCUT2D eigenvalue weighted by Gasteiger charge is 2.21. The average molecular weight is 540 g/mol. The number of ether oxygens (including phenoxy) is 2.